The SMILES string of the molecule is CCCCc1nc2ccc(N3CCCC(C)(C)C3)cc2n1-c1cccc(-c2ccccc2-c2nn[nH]n2)c1C. The van der Waals surface area contributed by atoms with Gasteiger partial charge in [0.15, 0.2) is 0 Å². The van der Waals surface area contributed by atoms with Crippen molar-refractivity contribution < 1.29 is 0 Å². The van der Waals surface area contributed by atoms with Gasteiger partial charge in [-0.1, -0.05) is 63.6 Å². The van der Waals surface area contributed by atoms with Gasteiger partial charge < -0.3 is 4.90 Å². The first-order valence-electron chi connectivity index (χ1n) is 14.1. The molecule has 39 heavy (non-hydrogen) atoms. The Labute approximate surface area is 230 Å². The van der Waals surface area contributed by atoms with Gasteiger partial charge in [-0.3, -0.25) is 4.57 Å². The van der Waals surface area contributed by atoms with Gasteiger partial charge in [0, 0.05) is 30.8 Å². The molecule has 1 aliphatic rings. The monoisotopic (exact) mass is 519 g/mol. The fourth-order valence-electron chi connectivity index (χ4n) is 6.07. The predicted octanol–water partition coefficient (Wildman–Crippen LogP) is 7.15. The van der Waals surface area contributed by atoms with Crippen molar-refractivity contribution in [2.24, 2.45) is 5.41 Å². The molecule has 1 aliphatic heterocycles. The Hall–Kier alpha value is -4.00. The number of aryl methyl sites for hydroxylation is 1. The molecule has 7 heteroatoms. The number of unbranched alkanes of at least 4 members (excludes halogenated alkanes) is 1. The molecule has 1 N–H and O–H groups in total. The smallest absolute Gasteiger partial charge is 0.205 e. The first-order valence-corrected chi connectivity index (χ1v) is 14.1. The molecule has 0 bridgehead atoms. The van der Waals surface area contributed by atoms with Gasteiger partial charge in [0.05, 0.1) is 16.7 Å². The molecule has 6 rings (SSSR count). The average molecular weight is 520 g/mol. The molecule has 1 fully saturated rings. The minimum Gasteiger partial charge on any atom is -0.371 e. The second-order valence-corrected chi connectivity index (χ2v) is 11.6. The summed E-state index contributed by atoms with van der Waals surface area (Å²) in [6.45, 7) is 11.4. The normalized spacial score (nSPS) is 15.2. The van der Waals surface area contributed by atoms with Gasteiger partial charge in [0.25, 0.3) is 0 Å². The first kappa shape index (κ1) is 25.3. The molecule has 200 valence electrons. The van der Waals surface area contributed by atoms with Crippen LogP contribution in [-0.2, 0) is 6.42 Å². The van der Waals surface area contributed by atoms with Crippen molar-refractivity contribution >= 4 is 16.7 Å². The lowest BCUT2D eigenvalue weighted by Crippen LogP contribution is -2.40. The quantitative estimate of drug-likeness (QED) is 0.247. The van der Waals surface area contributed by atoms with Crippen molar-refractivity contribution in [1.29, 1.82) is 0 Å². The standard InChI is InChI=1S/C32H37N7/c1-5-6-15-30-33-27-17-16-23(38-19-10-18-32(3,4)21-38)20-29(27)39(30)28-14-9-13-24(22(28)2)25-11-7-8-12-26(25)31-34-36-37-35-31/h7-9,11-14,16-17,20H,5-6,10,15,18-19,21H2,1-4H3,(H,34,35,36,37). The summed E-state index contributed by atoms with van der Waals surface area (Å²) >= 11 is 0. The van der Waals surface area contributed by atoms with E-state index in [1.165, 1.54) is 35.3 Å². The van der Waals surface area contributed by atoms with Crippen LogP contribution in [0.25, 0.3) is 39.2 Å². The molecule has 0 saturated carbocycles. The van der Waals surface area contributed by atoms with E-state index < -0.39 is 0 Å². The number of hydrogen-bond donors (Lipinski definition) is 1. The molecule has 0 aliphatic carbocycles. The molecule has 7 nitrogen and oxygen atoms in total. The molecule has 0 unspecified atom stereocenters. The van der Waals surface area contributed by atoms with Crippen LogP contribution < -0.4 is 4.90 Å². The van der Waals surface area contributed by atoms with E-state index in [9.17, 15) is 0 Å². The van der Waals surface area contributed by atoms with Crippen molar-refractivity contribution in [2.75, 3.05) is 18.0 Å². The maximum Gasteiger partial charge on any atom is 0.205 e. The van der Waals surface area contributed by atoms with E-state index in [1.807, 2.05) is 6.07 Å². The second kappa shape index (κ2) is 10.3. The number of nitrogens with zero attached hydrogens (tertiary/aromatic N) is 6. The molecule has 0 amide bonds. The predicted molar refractivity (Wildman–Crippen MR) is 158 cm³/mol. The van der Waals surface area contributed by atoms with Gasteiger partial charge in [-0.25, -0.2) is 4.98 Å². The number of rotatable bonds is 7. The number of anilines is 1. The van der Waals surface area contributed by atoms with Gasteiger partial charge in [0.2, 0.25) is 5.82 Å². The van der Waals surface area contributed by atoms with Crippen LogP contribution in [-0.4, -0.2) is 43.3 Å². The van der Waals surface area contributed by atoms with Crippen molar-refractivity contribution in [2.45, 2.75) is 59.8 Å². The summed E-state index contributed by atoms with van der Waals surface area (Å²) in [6.07, 6.45) is 5.69. The first-order chi connectivity index (χ1) is 18.9. The Morgan fingerprint density at radius 3 is 2.56 bits per heavy atom. The number of nitrogens with one attached hydrogen (secondary N) is 1. The minimum absolute atomic E-state index is 0.330. The van der Waals surface area contributed by atoms with Crippen LogP contribution in [0.1, 0.15) is 57.8 Å². The maximum absolute atomic E-state index is 5.16. The molecule has 0 radical (unpaired) electrons. The fraction of sp³-hybridized carbons (Fsp3) is 0.375. The largest absolute Gasteiger partial charge is 0.371 e. The van der Waals surface area contributed by atoms with Crippen molar-refractivity contribution in [3.63, 3.8) is 0 Å². The third-order valence-corrected chi connectivity index (χ3v) is 8.08. The molecule has 1 saturated heterocycles. The topological polar surface area (TPSA) is 75.5 Å². The zero-order valence-electron chi connectivity index (χ0n) is 23.4. The summed E-state index contributed by atoms with van der Waals surface area (Å²) in [4.78, 5) is 7.71. The van der Waals surface area contributed by atoms with E-state index in [1.54, 1.807) is 0 Å². The number of imidazole rings is 1. The zero-order chi connectivity index (χ0) is 27.0. The third kappa shape index (κ3) is 4.82. The van der Waals surface area contributed by atoms with Crippen LogP contribution in [0.15, 0.2) is 60.7 Å². The van der Waals surface area contributed by atoms with Crippen molar-refractivity contribution in [3.8, 4) is 28.2 Å². The van der Waals surface area contributed by atoms with Crippen LogP contribution in [0.3, 0.4) is 0 Å². The van der Waals surface area contributed by atoms with Crippen LogP contribution in [0.5, 0.6) is 0 Å². The van der Waals surface area contributed by atoms with Crippen LogP contribution in [0.4, 0.5) is 5.69 Å². The summed E-state index contributed by atoms with van der Waals surface area (Å²) in [5.74, 6) is 1.72. The van der Waals surface area contributed by atoms with E-state index >= 15 is 0 Å². The minimum atomic E-state index is 0.330. The lowest BCUT2D eigenvalue weighted by atomic mass is 9.84. The zero-order valence-corrected chi connectivity index (χ0v) is 23.4. The highest BCUT2D eigenvalue weighted by molar-refractivity contribution is 5.86. The fourth-order valence-corrected chi connectivity index (χ4v) is 6.07. The van der Waals surface area contributed by atoms with E-state index in [4.69, 9.17) is 4.98 Å². The van der Waals surface area contributed by atoms with E-state index in [0.29, 0.717) is 11.2 Å². The van der Waals surface area contributed by atoms with Crippen LogP contribution in [0.2, 0.25) is 0 Å². The van der Waals surface area contributed by atoms with Gasteiger partial charge in [-0.2, -0.15) is 5.21 Å². The number of H-pyrrole nitrogens is 1. The van der Waals surface area contributed by atoms with E-state index in [2.05, 4.69) is 112 Å². The Kier molecular flexibility index (Phi) is 6.67. The Bertz CT molecular complexity index is 1600. The number of aromatic amines is 1. The molecule has 3 aromatic carbocycles. The Balaban J connectivity index is 1.51. The van der Waals surface area contributed by atoms with Crippen molar-refractivity contribution in [1.82, 2.24) is 30.2 Å². The molecule has 3 heterocycles. The molecular weight excluding hydrogens is 482 g/mol. The number of fused-ring (bicyclic) bond motifs is 1. The van der Waals surface area contributed by atoms with Gasteiger partial charge in [0.1, 0.15) is 5.82 Å². The number of aromatic nitrogens is 6. The molecule has 5 aromatic rings. The Morgan fingerprint density at radius 1 is 0.974 bits per heavy atom. The third-order valence-electron chi connectivity index (χ3n) is 8.08. The van der Waals surface area contributed by atoms with Crippen LogP contribution in [0, 0.1) is 12.3 Å². The molecule has 0 spiro atoms. The lowest BCUT2D eigenvalue weighted by Gasteiger charge is -2.39. The molecule has 2 aromatic heterocycles. The summed E-state index contributed by atoms with van der Waals surface area (Å²) in [7, 11) is 0. The second-order valence-electron chi connectivity index (χ2n) is 11.6. The van der Waals surface area contributed by atoms with E-state index in [-0.39, 0.29) is 0 Å². The van der Waals surface area contributed by atoms with Crippen LogP contribution >= 0.6 is 0 Å². The summed E-state index contributed by atoms with van der Waals surface area (Å²) in [5.41, 5.74) is 9.43. The van der Waals surface area contributed by atoms with Gasteiger partial charge in [-0.15, -0.1) is 10.2 Å². The summed E-state index contributed by atoms with van der Waals surface area (Å²) in [6, 6.07) is 21.7. The highest BCUT2D eigenvalue weighted by Crippen LogP contribution is 2.37. The number of benzene rings is 3. The summed E-state index contributed by atoms with van der Waals surface area (Å²) < 4.78 is 2.40. The van der Waals surface area contributed by atoms with Gasteiger partial charge in [-0.05, 0) is 77.8 Å². The highest BCUT2D eigenvalue weighted by atomic mass is 15.5. The average Bonchev–Trinajstić information content (AvgIpc) is 3.59. The maximum atomic E-state index is 5.16. The molecular formula is C32H37N7. The lowest BCUT2D eigenvalue weighted by molar-refractivity contribution is 0.293. The number of hydrogen-bond acceptors (Lipinski definition) is 5. The van der Waals surface area contributed by atoms with Crippen molar-refractivity contribution in [3.05, 3.63) is 72.1 Å². The molecule has 0 atom stereocenters. The highest BCUT2D eigenvalue weighted by Gasteiger charge is 2.27. The summed E-state index contributed by atoms with van der Waals surface area (Å²) in [5, 5.41) is 14.9. The number of tetrazole rings is 1. The van der Waals surface area contributed by atoms with E-state index in [0.717, 1.165) is 60.4 Å². The number of piperidine rings is 1. The Morgan fingerprint density at radius 2 is 1.79 bits per heavy atom. The van der Waals surface area contributed by atoms with Gasteiger partial charge >= 0.3 is 0 Å².